The summed E-state index contributed by atoms with van der Waals surface area (Å²) >= 11 is 1.23. The van der Waals surface area contributed by atoms with Crippen molar-refractivity contribution in [2.24, 2.45) is 0 Å². The van der Waals surface area contributed by atoms with Crippen molar-refractivity contribution >= 4 is 28.2 Å². The minimum Gasteiger partial charge on any atom is -0.391 e. The van der Waals surface area contributed by atoms with Crippen molar-refractivity contribution in [3.8, 4) is 0 Å². The van der Waals surface area contributed by atoms with Gasteiger partial charge in [-0.05, 0) is 12.8 Å². The van der Waals surface area contributed by atoms with Crippen LogP contribution in [0.1, 0.15) is 29.4 Å². The molecule has 8 heteroatoms. The lowest BCUT2D eigenvalue weighted by Crippen LogP contribution is -2.28. The fourth-order valence-corrected chi connectivity index (χ4v) is 2.34. The van der Waals surface area contributed by atoms with Gasteiger partial charge in [-0.2, -0.15) is 0 Å². The van der Waals surface area contributed by atoms with Crippen LogP contribution in [0.4, 0.5) is 10.9 Å². The number of hydrogen-bond donors (Lipinski definition) is 4. The number of nitrogens with zero attached hydrogens (tertiary/aromatic N) is 1. The van der Waals surface area contributed by atoms with E-state index in [0.717, 1.165) is 13.0 Å². The molecule has 0 bridgehead atoms. The molecule has 0 saturated carbocycles. The summed E-state index contributed by atoms with van der Waals surface area (Å²) in [7, 11) is 1.52. The number of aliphatic hydroxyl groups is 1. The van der Waals surface area contributed by atoms with Crippen LogP contribution in [0.5, 0.6) is 0 Å². The van der Waals surface area contributed by atoms with Crippen molar-refractivity contribution in [1.29, 1.82) is 0 Å². The van der Waals surface area contributed by atoms with E-state index >= 15 is 0 Å². The van der Waals surface area contributed by atoms with Gasteiger partial charge in [0.05, 0.1) is 12.7 Å². The highest BCUT2D eigenvalue weighted by Crippen LogP contribution is 2.24. The fraction of sp³-hybridized carbons (Fsp3) is 0.667. The molecule has 1 amide bonds. The summed E-state index contributed by atoms with van der Waals surface area (Å²) in [5.74, 6) is -0.0438. The number of methoxy groups -OCH3 is 1. The zero-order valence-electron chi connectivity index (χ0n) is 11.8. The Morgan fingerprint density at radius 3 is 2.95 bits per heavy atom. The number of rotatable bonds is 9. The van der Waals surface area contributed by atoms with Gasteiger partial charge < -0.3 is 26.2 Å². The van der Waals surface area contributed by atoms with Gasteiger partial charge in [-0.3, -0.25) is 4.79 Å². The molecule has 5 N–H and O–H groups in total. The normalized spacial score (nSPS) is 12.2. The van der Waals surface area contributed by atoms with Gasteiger partial charge in [0.25, 0.3) is 5.91 Å². The topological polar surface area (TPSA) is 110 Å². The van der Waals surface area contributed by atoms with Crippen LogP contribution < -0.4 is 16.4 Å². The van der Waals surface area contributed by atoms with E-state index in [9.17, 15) is 9.90 Å². The van der Waals surface area contributed by atoms with Crippen LogP contribution in [0.3, 0.4) is 0 Å². The standard InChI is InChI=1S/C12H22N4O3S/c1-3-5-15-12-16-10(13)9(20-12)11(18)14-6-4-8(17)7-19-2/h8,17H,3-7,13H2,1-2H3,(H,14,18)(H,15,16). The maximum atomic E-state index is 11.9. The summed E-state index contributed by atoms with van der Waals surface area (Å²) in [6, 6.07) is 0. The first-order chi connectivity index (χ1) is 9.58. The Morgan fingerprint density at radius 1 is 1.55 bits per heavy atom. The third-order valence-corrected chi connectivity index (χ3v) is 3.54. The Labute approximate surface area is 122 Å². The first kappa shape index (κ1) is 16.7. The van der Waals surface area contributed by atoms with Gasteiger partial charge in [-0.25, -0.2) is 4.98 Å². The highest BCUT2D eigenvalue weighted by atomic mass is 32.1. The summed E-state index contributed by atoms with van der Waals surface area (Å²) in [6.45, 7) is 3.45. The average Bonchev–Trinajstić information content (AvgIpc) is 2.78. The molecule has 1 rings (SSSR count). The van der Waals surface area contributed by atoms with Gasteiger partial charge in [0.2, 0.25) is 0 Å². The van der Waals surface area contributed by atoms with E-state index in [1.807, 2.05) is 6.92 Å². The molecular weight excluding hydrogens is 280 g/mol. The van der Waals surface area contributed by atoms with Gasteiger partial charge in [0.1, 0.15) is 10.7 Å². The molecule has 1 unspecified atom stereocenters. The molecule has 0 radical (unpaired) electrons. The predicted molar refractivity (Wildman–Crippen MR) is 80.1 cm³/mol. The number of hydrogen-bond acceptors (Lipinski definition) is 7. The molecule has 0 fully saturated rings. The number of ether oxygens (including phenoxy) is 1. The van der Waals surface area contributed by atoms with E-state index < -0.39 is 6.10 Å². The second kappa shape index (κ2) is 8.72. The number of aliphatic hydroxyl groups excluding tert-OH is 1. The van der Waals surface area contributed by atoms with Crippen molar-refractivity contribution in [2.45, 2.75) is 25.9 Å². The van der Waals surface area contributed by atoms with Crippen LogP contribution in [-0.4, -0.2) is 48.9 Å². The molecule has 20 heavy (non-hydrogen) atoms. The van der Waals surface area contributed by atoms with Crippen LogP contribution in [-0.2, 0) is 4.74 Å². The fourth-order valence-electron chi connectivity index (χ4n) is 1.51. The van der Waals surface area contributed by atoms with Crippen molar-refractivity contribution < 1.29 is 14.6 Å². The summed E-state index contributed by atoms with van der Waals surface area (Å²) in [6.07, 6.45) is 0.818. The van der Waals surface area contributed by atoms with Gasteiger partial charge in [-0.1, -0.05) is 18.3 Å². The predicted octanol–water partition coefficient (Wildman–Crippen LogP) is 0.674. The van der Waals surface area contributed by atoms with Gasteiger partial charge in [-0.15, -0.1) is 0 Å². The van der Waals surface area contributed by atoms with Crippen molar-refractivity contribution in [1.82, 2.24) is 10.3 Å². The smallest absolute Gasteiger partial charge is 0.265 e. The molecule has 0 aliphatic rings. The van der Waals surface area contributed by atoms with Crippen LogP contribution in [0.25, 0.3) is 0 Å². The van der Waals surface area contributed by atoms with Crippen molar-refractivity contribution in [3.63, 3.8) is 0 Å². The average molecular weight is 302 g/mol. The summed E-state index contributed by atoms with van der Waals surface area (Å²) < 4.78 is 4.81. The minimum absolute atomic E-state index is 0.226. The van der Waals surface area contributed by atoms with Crippen LogP contribution in [0.2, 0.25) is 0 Å². The Bertz CT molecular complexity index is 425. The summed E-state index contributed by atoms with van der Waals surface area (Å²) in [5, 5.41) is 15.9. The van der Waals surface area contributed by atoms with E-state index in [0.29, 0.717) is 23.0 Å². The third kappa shape index (κ3) is 5.32. The number of carbonyl (C=O) groups excluding carboxylic acids is 1. The van der Waals surface area contributed by atoms with Crippen molar-refractivity contribution in [2.75, 3.05) is 37.9 Å². The highest BCUT2D eigenvalue weighted by molar-refractivity contribution is 7.18. The molecule has 114 valence electrons. The molecular formula is C12H22N4O3S. The van der Waals surface area contributed by atoms with Crippen LogP contribution in [0.15, 0.2) is 0 Å². The molecule has 0 spiro atoms. The molecule has 1 atom stereocenters. The zero-order chi connectivity index (χ0) is 15.0. The van der Waals surface area contributed by atoms with E-state index in [4.69, 9.17) is 10.5 Å². The third-order valence-electron chi connectivity index (χ3n) is 2.51. The maximum Gasteiger partial charge on any atom is 0.265 e. The maximum absolute atomic E-state index is 11.9. The zero-order valence-corrected chi connectivity index (χ0v) is 12.6. The Hall–Kier alpha value is -1.38. The number of amides is 1. The number of aromatic nitrogens is 1. The molecule has 0 aliphatic carbocycles. The van der Waals surface area contributed by atoms with E-state index in [2.05, 4.69) is 15.6 Å². The number of carbonyl (C=O) groups is 1. The minimum atomic E-state index is -0.583. The molecule has 1 heterocycles. The summed E-state index contributed by atoms with van der Waals surface area (Å²) in [4.78, 5) is 16.4. The van der Waals surface area contributed by atoms with Crippen molar-refractivity contribution in [3.05, 3.63) is 4.88 Å². The van der Waals surface area contributed by atoms with Gasteiger partial charge in [0.15, 0.2) is 5.13 Å². The molecule has 0 saturated heterocycles. The lowest BCUT2D eigenvalue weighted by molar-refractivity contribution is 0.0588. The van der Waals surface area contributed by atoms with Crippen LogP contribution >= 0.6 is 11.3 Å². The lowest BCUT2D eigenvalue weighted by atomic mass is 10.2. The number of thiazole rings is 1. The largest absolute Gasteiger partial charge is 0.391 e. The number of anilines is 2. The Balaban J connectivity index is 2.44. The van der Waals surface area contributed by atoms with E-state index in [1.54, 1.807) is 0 Å². The van der Waals surface area contributed by atoms with E-state index in [-0.39, 0.29) is 18.3 Å². The monoisotopic (exact) mass is 302 g/mol. The first-order valence-electron chi connectivity index (χ1n) is 6.53. The molecule has 7 nitrogen and oxygen atoms in total. The van der Waals surface area contributed by atoms with Gasteiger partial charge >= 0.3 is 0 Å². The van der Waals surface area contributed by atoms with E-state index in [1.165, 1.54) is 18.4 Å². The first-order valence-corrected chi connectivity index (χ1v) is 7.35. The molecule has 1 aromatic heterocycles. The second-order valence-corrected chi connectivity index (χ2v) is 5.31. The number of nitrogens with one attached hydrogen (secondary N) is 2. The number of nitrogen functional groups attached to an aromatic ring is 1. The van der Waals surface area contributed by atoms with Crippen LogP contribution in [0, 0.1) is 0 Å². The number of nitrogens with two attached hydrogens (primary N) is 1. The lowest BCUT2D eigenvalue weighted by Gasteiger charge is -2.09. The molecule has 0 aliphatic heterocycles. The molecule has 1 aromatic rings. The van der Waals surface area contributed by atoms with Gasteiger partial charge in [0, 0.05) is 20.2 Å². The second-order valence-electron chi connectivity index (χ2n) is 4.31. The summed E-state index contributed by atoms with van der Waals surface area (Å²) in [5.41, 5.74) is 5.72. The SMILES string of the molecule is CCCNc1nc(N)c(C(=O)NCCC(O)COC)s1. The highest BCUT2D eigenvalue weighted by Gasteiger charge is 2.16. The quantitative estimate of drug-likeness (QED) is 0.534. The molecule has 0 aromatic carbocycles. The Kier molecular flexibility index (Phi) is 7.27. The Morgan fingerprint density at radius 2 is 2.30 bits per heavy atom.